The minimum Gasteiger partial charge on any atom is -0.338 e. The molecule has 8 rings (SSSR count). The van der Waals surface area contributed by atoms with E-state index in [1.165, 1.54) is 0 Å². The van der Waals surface area contributed by atoms with Crippen molar-refractivity contribution in [3.05, 3.63) is 107 Å². The smallest absolute Gasteiger partial charge is 0.193 e. The van der Waals surface area contributed by atoms with Crippen LogP contribution in [0.1, 0.15) is 15.9 Å². The van der Waals surface area contributed by atoms with Crippen molar-refractivity contribution in [1.29, 1.82) is 0 Å². The van der Waals surface area contributed by atoms with E-state index in [0.717, 1.165) is 21.1 Å². The standard InChI is InChI=1S/C31H20N10OS2/c42-27(17-5-9-19(10-6-17)34-30-25-21(15-32-40-25)36-28(38-30)23-3-1-13-43-23)18-7-11-20(12-8-18)35-31-26-22(16-33-41-26)37-29(39-31)24-4-2-14-44-24/h1-16H,(H,32,40)(H,33,41)(H,34,36,38)(H,35,37,39). The van der Waals surface area contributed by atoms with E-state index < -0.39 is 0 Å². The van der Waals surface area contributed by atoms with E-state index in [2.05, 4.69) is 41.0 Å². The maximum atomic E-state index is 13.3. The van der Waals surface area contributed by atoms with Crippen LogP contribution in [0.3, 0.4) is 0 Å². The highest BCUT2D eigenvalue weighted by atomic mass is 32.1. The molecule has 0 radical (unpaired) electrons. The van der Waals surface area contributed by atoms with Crippen molar-refractivity contribution < 1.29 is 4.79 Å². The molecule has 0 aliphatic carbocycles. The average molecular weight is 613 g/mol. The van der Waals surface area contributed by atoms with Crippen molar-refractivity contribution in [3.8, 4) is 21.4 Å². The van der Waals surface area contributed by atoms with E-state index >= 15 is 0 Å². The number of nitrogens with zero attached hydrogens (tertiary/aromatic N) is 6. The zero-order chi connectivity index (χ0) is 29.5. The number of hydrogen-bond acceptors (Lipinski definition) is 11. The first-order valence-electron chi connectivity index (χ1n) is 13.5. The Morgan fingerprint density at radius 1 is 0.591 bits per heavy atom. The molecule has 11 nitrogen and oxygen atoms in total. The highest BCUT2D eigenvalue weighted by Gasteiger charge is 2.15. The minimum absolute atomic E-state index is 0.0842. The van der Waals surface area contributed by atoms with Crippen molar-refractivity contribution in [2.75, 3.05) is 10.6 Å². The van der Waals surface area contributed by atoms with Crippen LogP contribution in [-0.4, -0.2) is 46.1 Å². The van der Waals surface area contributed by atoms with Gasteiger partial charge in [0.2, 0.25) is 0 Å². The second-order valence-electron chi connectivity index (χ2n) is 9.74. The van der Waals surface area contributed by atoms with Gasteiger partial charge in [0.25, 0.3) is 0 Å². The molecule has 0 atom stereocenters. The number of anilines is 4. The zero-order valence-corrected chi connectivity index (χ0v) is 24.3. The lowest BCUT2D eigenvalue weighted by molar-refractivity contribution is 0.103. The Morgan fingerprint density at radius 2 is 1.05 bits per heavy atom. The lowest BCUT2D eigenvalue weighted by atomic mass is 10.0. The molecule has 6 aromatic heterocycles. The Labute approximate surface area is 257 Å². The third-order valence-electron chi connectivity index (χ3n) is 6.90. The number of hydrogen-bond donors (Lipinski definition) is 4. The largest absolute Gasteiger partial charge is 0.338 e. The molecule has 0 bridgehead atoms. The van der Waals surface area contributed by atoms with Gasteiger partial charge in [-0.25, -0.2) is 19.9 Å². The summed E-state index contributed by atoms with van der Waals surface area (Å²) in [5.74, 6) is 2.38. The van der Waals surface area contributed by atoms with Crippen LogP contribution < -0.4 is 10.6 Å². The molecular formula is C31H20N10OS2. The summed E-state index contributed by atoms with van der Waals surface area (Å²) in [6.45, 7) is 0. The third kappa shape index (κ3) is 4.85. The Bertz CT molecular complexity index is 2080. The summed E-state index contributed by atoms with van der Waals surface area (Å²) in [4.78, 5) is 33.9. The van der Waals surface area contributed by atoms with Crippen LogP contribution in [0.2, 0.25) is 0 Å². The minimum atomic E-state index is -0.0842. The second kappa shape index (κ2) is 10.8. The lowest BCUT2D eigenvalue weighted by Crippen LogP contribution is -2.03. The summed E-state index contributed by atoms with van der Waals surface area (Å²) < 4.78 is 0. The van der Waals surface area contributed by atoms with E-state index in [-0.39, 0.29) is 5.78 Å². The number of H-pyrrole nitrogens is 2. The monoisotopic (exact) mass is 612 g/mol. The molecule has 0 unspecified atom stereocenters. The van der Waals surface area contributed by atoms with Crippen molar-refractivity contribution in [2.24, 2.45) is 0 Å². The molecule has 0 spiro atoms. The molecule has 4 N–H and O–H groups in total. The summed E-state index contributed by atoms with van der Waals surface area (Å²) in [6, 6.07) is 22.5. The Hall–Kier alpha value is -5.79. The van der Waals surface area contributed by atoms with Crippen LogP contribution in [0.15, 0.2) is 96.0 Å². The normalized spacial score (nSPS) is 11.3. The molecular weight excluding hydrogens is 593 g/mol. The molecule has 212 valence electrons. The van der Waals surface area contributed by atoms with E-state index in [4.69, 9.17) is 9.97 Å². The third-order valence-corrected chi connectivity index (χ3v) is 8.63. The Kier molecular flexibility index (Phi) is 6.35. The van der Waals surface area contributed by atoms with E-state index in [1.807, 2.05) is 59.3 Å². The molecule has 13 heteroatoms. The number of fused-ring (bicyclic) bond motifs is 2. The molecule has 44 heavy (non-hydrogen) atoms. The number of carbonyl (C=O) groups excluding carboxylic acids is 1. The molecule has 0 aliphatic rings. The Morgan fingerprint density at radius 3 is 1.45 bits per heavy atom. The lowest BCUT2D eigenvalue weighted by Gasteiger charge is -2.10. The Balaban J connectivity index is 0.999. The van der Waals surface area contributed by atoms with Crippen molar-refractivity contribution in [2.45, 2.75) is 0 Å². The van der Waals surface area contributed by atoms with Crippen LogP contribution >= 0.6 is 22.7 Å². The first-order chi connectivity index (χ1) is 21.7. The van der Waals surface area contributed by atoms with Crippen LogP contribution in [0.5, 0.6) is 0 Å². The molecule has 2 aromatic carbocycles. The fourth-order valence-corrected chi connectivity index (χ4v) is 6.06. The van der Waals surface area contributed by atoms with Gasteiger partial charge in [-0.05, 0) is 71.4 Å². The number of nitrogens with one attached hydrogen (secondary N) is 4. The summed E-state index contributed by atoms with van der Waals surface area (Å²) in [7, 11) is 0. The predicted molar refractivity (Wildman–Crippen MR) is 173 cm³/mol. The van der Waals surface area contributed by atoms with Crippen LogP contribution in [0.25, 0.3) is 43.5 Å². The van der Waals surface area contributed by atoms with Gasteiger partial charge < -0.3 is 10.6 Å². The van der Waals surface area contributed by atoms with Crippen LogP contribution in [0.4, 0.5) is 23.0 Å². The summed E-state index contributed by atoms with van der Waals surface area (Å²) in [6.07, 6.45) is 3.35. The molecule has 6 heterocycles. The van der Waals surface area contributed by atoms with Gasteiger partial charge in [-0.1, -0.05) is 12.1 Å². The maximum Gasteiger partial charge on any atom is 0.193 e. The highest BCUT2D eigenvalue weighted by Crippen LogP contribution is 2.30. The van der Waals surface area contributed by atoms with Gasteiger partial charge in [0.15, 0.2) is 29.1 Å². The number of benzene rings is 2. The van der Waals surface area contributed by atoms with Gasteiger partial charge in [0.05, 0.1) is 22.1 Å². The second-order valence-corrected chi connectivity index (χ2v) is 11.6. The zero-order valence-electron chi connectivity index (χ0n) is 22.6. The number of carbonyl (C=O) groups is 1. The molecule has 0 saturated heterocycles. The fraction of sp³-hybridized carbons (Fsp3) is 0. The number of rotatable bonds is 8. The molecule has 0 saturated carbocycles. The molecule has 0 amide bonds. The van der Waals surface area contributed by atoms with Crippen molar-refractivity contribution in [1.82, 2.24) is 40.3 Å². The summed E-state index contributed by atoms with van der Waals surface area (Å²) in [5, 5.41) is 24.8. The predicted octanol–water partition coefficient (Wildman–Crippen LogP) is 7.19. The molecule has 0 fully saturated rings. The van der Waals surface area contributed by atoms with E-state index in [9.17, 15) is 4.79 Å². The summed E-state index contributed by atoms with van der Waals surface area (Å²) >= 11 is 3.15. The van der Waals surface area contributed by atoms with E-state index in [0.29, 0.717) is 56.5 Å². The van der Waals surface area contributed by atoms with Crippen LogP contribution in [0, 0.1) is 0 Å². The first kappa shape index (κ1) is 25.9. The quantitative estimate of drug-likeness (QED) is 0.131. The van der Waals surface area contributed by atoms with Gasteiger partial charge in [0, 0.05) is 22.5 Å². The van der Waals surface area contributed by atoms with Gasteiger partial charge in [-0.3, -0.25) is 15.0 Å². The van der Waals surface area contributed by atoms with Gasteiger partial charge in [-0.2, -0.15) is 10.2 Å². The van der Waals surface area contributed by atoms with Gasteiger partial charge in [-0.15, -0.1) is 22.7 Å². The highest BCUT2D eigenvalue weighted by molar-refractivity contribution is 7.13. The maximum absolute atomic E-state index is 13.3. The number of ketones is 1. The number of thiophene rings is 2. The van der Waals surface area contributed by atoms with Gasteiger partial charge >= 0.3 is 0 Å². The summed E-state index contributed by atoms with van der Waals surface area (Å²) in [5.41, 5.74) is 5.55. The first-order valence-corrected chi connectivity index (χ1v) is 15.2. The van der Waals surface area contributed by atoms with Crippen molar-refractivity contribution >= 4 is 73.5 Å². The van der Waals surface area contributed by atoms with Crippen LogP contribution in [-0.2, 0) is 0 Å². The van der Waals surface area contributed by atoms with Crippen molar-refractivity contribution in [3.63, 3.8) is 0 Å². The number of aromatic nitrogens is 8. The van der Waals surface area contributed by atoms with Gasteiger partial charge in [0.1, 0.15) is 22.1 Å². The topological polar surface area (TPSA) is 150 Å². The average Bonchev–Trinajstić information content (AvgIpc) is 3.88. The fourth-order valence-electron chi connectivity index (χ4n) is 4.74. The van der Waals surface area contributed by atoms with E-state index in [1.54, 1.807) is 59.3 Å². The SMILES string of the molecule is O=C(c1ccc(Nc2nc(-c3cccs3)nc3cn[nH]c23)cc1)c1ccc(Nc2nc(-c3cccs3)nc3cn[nH]c23)cc1. The molecule has 8 aromatic rings. The number of aromatic amines is 2. The molecule has 0 aliphatic heterocycles.